The fourth-order valence-corrected chi connectivity index (χ4v) is 2.58. The summed E-state index contributed by atoms with van der Waals surface area (Å²) in [6.07, 6.45) is 2.22. The summed E-state index contributed by atoms with van der Waals surface area (Å²) in [6.45, 7) is 6.85. The summed E-state index contributed by atoms with van der Waals surface area (Å²) in [5.74, 6) is -0.457. The van der Waals surface area contributed by atoms with Crippen molar-refractivity contribution < 1.29 is 19.1 Å². The Morgan fingerprint density at radius 2 is 2.04 bits per heavy atom. The highest BCUT2D eigenvalue weighted by molar-refractivity contribution is 5.87. The fourth-order valence-electron chi connectivity index (χ4n) is 2.58. The van der Waals surface area contributed by atoms with E-state index in [0.717, 1.165) is 12.1 Å². The predicted molar refractivity (Wildman–Crippen MR) is 90.2 cm³/mol. The van der Waals surface area contributed by atoms with E-state index >= 15 is 0 Å². The van der Waals surface area contributed by atoms with Crippen molar-refractivity contribution in [2.24, 2.45) is 0 Å². The molecule has 1 aliphatic heterocycles. The molecule has 7 nitrogen and oxygen atoms in total. The maximum atomic E-state index is 12.1. The molecular formula is C17H25N3O4. The highest BCUT2D eigenvalue weighted by atomic mass is 16.6. The first kappa shape index (κ1) is 18.0. The summed E-state index contributed by atoms with van der Waals surface area (Å²) in [7, 11) is 3.28. The number of hydrogen-bond acceptors (Lipinski definition) is 6. The molecule has 132 valence electrons. The molecule has 1 aromatic heterocycles. The average Bonchev–Trinajstić information content (AvgIpc) is 3.02. The largest absolute Gasteiger partial charge is 0.464 e. The number of likely N-dealkylation sites (tertiary alicyclic amines) is 1. The van der Waals surface area contributed by atoms with Crippen molar-refractivity contribution in [3.63, 3.8) is 0 Å². The number of rotatable bonds is 3. The quantitative estimate of drug-likeness (QED) is 0.790. The van der Waals surface area contributed by atoms with Crippen LogP contribution < -0.4 is 4.90 Å². The van der Waals surface area contributed by atoms with E-state index in [1.54, 1.807) is 17.2 Å². The van der Waals surface area contributed by atoms with E-state index in [0.29, 0.717) is 13.1 Å². The zero-order valence-electron chi connectivity index (χ0n) is 14.9. The molecule has 1 fully saturated rings. The van der Waals surface area contributed by atoms with Gasteiger partial charge in [-0.25, -0.2) is 14.6 Å². The van der Waals surface area contributed by atoms with Gasteiger partial charge in [0.05, 0.1) is 19.0 Å². The molecular weight excluding hydrogens is 310 g/mol. The van der Waals surface area contributed by atoms with Crippen molar-refractivity contribution in [2.45, 2.75) is 38.8 Å². The molecule has 0 saturated carbocycles. The van der Waals surface area contributed by atoms with Crippen molar-refractivity contribution in [3.8, 4) is 0 Å². The number of ether oxygens (including phenoxy) is 2. The molecule has 24 heavy (non-hydrogen) atoms. The number of aromatic nitrogens is 1. The van der Waals surface area contributed by atoms with Crippen LogP contribution in [0.4, 0.5) is 10.5 Å². The first-order valence-corrected chi connectivity index (χ1v) is 7.96. The van der Waals surface area contributed by atoms with Crippen molar-refractivity contribution in [1.82, 2.24) is 9.88 Å². The predicted octanol–water partition coefficient (Wildman–Crippen LogP) is 2.31. The second-order valence-corrected chi connectivity index (χ2v) is 6.87. The van der Waals surface area contributed by atoms with Crippen molar-refractivity contribution in [1.29, 1.82) is 0 Å². The highest BCUT2D eigenvalue weighted by Crippen LogP contribution is 2.22. The molecule has 1 unspecified atom stereocenters. The zero-order chi connectivity index (χ0) is 17.9. The Morgan fingerprint density at radius 1 is 1.33 bits per heavy atom. The second kappa shape index (κ2) is 7.07. The summed E-state index contributed by atoms with van der Waals surface area (Å²) in [4.78, 5) is 31.5. The Balaban J connectivity index is 1.97. The number of likely N-dealkylation sites (N-methyl/N-ethyl adjacent to an activating group) is 1. The third-order valence-electron chi connectivity index (χ3n) is 3.91. The van der Waals surface area contributed by atoms with E-state index in [4.69, 9.17) is 4.74 Å². The van der Waals surface area contributed by atoms with Gasteiger partial charge in [0.15, 0.2) is 0 Å². The monoisotopic (exact) mass is 335 g/mol. The third-order valence-corrected chi connectivity index (χ3v) is 3.91. The molecule has 0 aromatic carbocycles. The Labute approximate surface area is 142 Å². The lowest BCUT2D eigenvalue weighted by atomic mass is 10.2. The Morgan fingerprint density at radius 3 is 2.58 bits per heavy atom. The van der Waals surface area contributed by atoms with Gasteiger partial charge in [-0.05, 0) is 39.3 Å². The molecule has 1 aliphatic rings. The topological polar surface area (TPSA) is 72.0 Å². The lowest BCUT2D eigenvalue weighted by Crippen LogP contribution is -2.39. The fraction of sp³-hybridized carbons (Fsp3) is 0.588. The van der Waals surface area contributed by atoms with Crippen LogP contribution in [0, 0.1) is 0 Å². The van der Waals surface area contributed by atoms with Gasteiger partial charge in [0.2, 0.25) is 0 Å². The lowest BCUT2D eigenvalue weighted by molar-refractivity contribution is 0.0292. The maximum Gasteiger partial charge on any atom is 0.410 e. The first-order valence-electron chi connectivity index (χ1n) is 7.96. The number of hydrogen-bond donors (Lipinski definition) is 0. The summed E-state index contributed by atoms with van der Waals surface area (Å²) >= 11 is 0. The van der Waals surface area contributed by atoms with Crippen LogP contribution in [0.2, 0.25) is 0 Å². The normalized spacial score (nSPS) is 17.5. The van der Waals surface area contributed by atoms with E-state index in [1.165, 1.54) is 7.11 Å². The average molecular weight is 335 g/mol. The molecule has 1 saturated heterocycles. The number of anilines is 1. The number of nitrogens with zero attached hydrogens (tertiary/aromatic N) is 3. The molecule has 0 N–H and O–H groups in total. The van der Waals surface area contributed by atoms with Gasteiger partial charge in [0.25, 0.3) is 0 Å². The number of amides is 1. The van der Waals surface area contributed by atoms with Gasteiger partial charge in [-0.15, -0.1) is 0 Å². The molecule has 1 atom stereocenters. The SMILES string of the molecule is COC(=O)c1ccc(N(C)C2CCN(C(=O)OC(C)(C)C)C2)cn1. The smallest absolute Gasteiger partial charge is 0.410 e. The van der Waals surface area contributed by atoms with Gasteiger partial charge >= 0.3 is 12.1 Å². The summed E-state index contributed by atoms with van der Waals surface area (Å²) in [5.41, 5.74) is 0.671. The Bertz CT molecular complexity index is 595. The second-order valence-electron chi connectivity index (χ2n) is 6.87. The molecule has 2 rings (SSSR count). The first-order chi connectivity index (χ1) is 11.2. The standard InChI is InChI=1S/C17H25N3O4/c1-17(2,3)24-16(22)20-9-8-13(11-20)19(4)12-6-7-14(18-10-12)15(21)23-5/h6-7,10,13H,8-9,11H2,1-5H3. The minimum Gasteiger partial charge on any atom is -0.464 e. The van der Waals surface area contributed by atoms with Gasteiger partial charge in [-0.3, -0.25) is 0 Å². The van der Waals surface area contributed by atoms with Crippen LogP contribution in [-0.2, 0) is 9.47 Å². The van der Waals surface area contributed by atoms with Crippen molar-refractivity contribution >= 4 is 17.7 Å². The van der Waals surface area contributed by atoms with Gasteiger partial charge in [-0.2, -0.15) is 0 Å². The van der Waals surface area contributed by atoms with Crippen LogP contribution in [0.5, 0.6) is 0 Å². The summed E-state index contributed by atoms with van der Waals surface area (Å²) in [5, 5.41) is 0. The number of carbonyl (C=O) groups is 2. The minimum atomic E-state index is -0.491. The molecule has 0 bridgehead atoms. The number of methoxy groups -OCH3 is 1. The number of esters is 1. The van der Waals surface area contributed by atoms with Crippen molar-refractivity contribution in [2.75, 3.05) is 32.1 Å². The van der Waals surface area contributed by atoms with E-state index < -0.39 is 11.6 Å². The van der Waals surface area contributed by atoms with Crippen LogP contribution in [0.1, 0.15) is 37.7 Å². The van der Waals surface area contributed by atoms with Crippen molar-refractivity contribution in [3.05, 3.63) is 24.0 Å². The van der Waals surface area contributed by atoms with E-state index in [9.17, 15) is 9.59 Å². The lowest BCUT2D eigenvalue weighted by Gasteiger charge is -2.27. The van der Waals surface area contributed by atoms with Crippen LogP contribution in [0.15, 0.2) is 18.3 Å². The minimum absolute atomic E-state index is 0.184. The maximum absolute atomic E-state index is 12.1. The third kappa shape index (κ3) is 4.37. The Hall–Kier alpha value is -2.31. The van der Waals surface area contributed by atoms with Gasteiger partial charge in [0.1, 0.15) is 11.3 Å². The van der Waals surface area contributed by atoms with Crippen LogP contribution in [0.25, 0.3) is 0 Å². The Kier molecular flexibility index (Phi) is 5.31. The van der Waals surface area contributed by atoms with Gasteiger partial charge in [0, 0.05) is 26.2 Å². The van der Waals surface area contributed by atoms with E-state index in [2.05, 4.69) is 14.6 Å². The van der Waals surface area contributed by atoms with E-state index in [1.807, 2.05) is 33.9 Å². The van der Waals surface area contributed by atoms with E-state index in [-0.39, 0.29) is 17.8 Å². The molecule has 2 heterocycles. The molecule has 0 aliphatic carbocycles. The molecule has 0 spiro atoms. The van der Waals surface area contributed by atoms with Gasteiger partial charge in [-0.1, -0.05) is 0 Å². The summed E-state index contributed by atoms with van der Waals surface area (Å²) < 4.78 is 10.1. The number of pyridine rings is 1. The molecule has 1 amide bonds. The highest BCUT2D eigenvalue weighted by Gasteiger charge is 2.32. The van der Waals surface area contributed by atoms with Gasteiger partial charge < -0.3 is 19.3 Å². The number of carbonyl (C=O) groups excluding carboxylic acids is 2. The molecule has 1 aromatic rings. The molecule has 7 heteroatoms. The summed E-state index contributed by atoms with van der Waals surface area (Å²) in [6, 6.07) is 3.65. The van der Waals surface area contributed by atoms with Crippen LogP contribution >= 0.6 is 0 Å². The zero-order valence-corrected chi connectivity index (χ0v) is 14.9. The molecule has 0 radical (unpaired) electrons. The van der Waals surface area contributed by atoms with Crippen LogP contribution in [0.3, 0.4) is 0 Å². The van der Waals surface area contributed by atoms with Crippen LogP contribution in [-0.4, -0.2) is 60.8 Å².